The normalized spacial score (nSPS) is 21.4. The molecule has 1 aliphatic carbocycles. The molecule has 0 radical (unpaired) electrons. The Morgan fingerprint density at radius 3 is 2.71 bits per heavy atom. The Kier molecular flexibility index (Phi) is 6.24. The molecule has 2 N–H and O–H groups in total. The van der Waals surface area contributed by atoms with Crippen LogP contribution in [0.4, 0.5) is 0 Å². The van der Waals surface area contributed by atoms with E-state index in [4.69, 9.17) is 5.73 Å². The summed E-state index contributed by atoms with van der Waals surface area (Å²) in [5.41, 5.74) is 7.17. The summed E-state index contributed by atoms with van der Waals surface area (Å²) < 4.78 is 0. The highest BCUT2D eigenvalue weighted by Gasteiger charge is 2.32. The Balaban J connectivity index is 1.83. The van der Waals surface area contributed by atoms with Crippen molar-refractivity contribution < 1.29 is 4.79 Å². The number of carbonyl (C=O) groups excluding carboxylic acids is 1. The lowest BCUT2D eigenvalue weighted by molar-refractivity contribution is -0.134. The van der Waals surface area contributed by atoms with Crippen molar-refractivity contribution in [1.82, 2.24) is 4.90 Å². The first-order valence-electron chi connectivity index (χ1n) is 8.29. The zero-order valence-electron chi connectivity index (χ0n) is 13.1. The number of rotatable bonds is 7. The lowest BCUT2D eigenvalue weighted by Crippen LogP contribution is -2.44. The SMILES string of the molecule is CCN(C(=O)CCCc1ccccc1)C1CCCC1CN. The quantitative estimate of drug-likeness (QED) is 0.838. The van der Waals surface area contributed by atoms with Crippen molar-refractivity contribution in [2.24, 2.45) is 11.7 Å². The molecule has 1 aromatic carbocycles. The summed E-state index contributed by atoms with van der Waals surface area (Å²) in [6, 6.07) is 10.8. The second kappa shape index (κ2) is 8.18. The third-order valence-corrected chi connectivity index (χ3v) is 4.68. The largest absolute Gasteiger partial charge is 0.340 e. The maximum atomic E-state index is 12.5. The number of nitrogens with two attached hydrogens (primary N) is 1. The minimum atomic E-state index is 0.304. The second-order valence-electron chi connectivity index (χ2n) is 6.01. The van der Waals surface area contributed by atoms with Crippen LogP contribution < -0.4 is 5.73 Å². The molecule has 1 amide bonds. The molecule has 21 heavy (non-hydrogen) atoms. The summed E-state index contributed by atoms with van der Waals surface area (Å²) >= 11 is 0. The zero-order chi connectivity index (χ0) is 15.1. The monoisotopic (exact) mass is 288 g/mol. The molecule has 1 saturated carbocycles. The van der Waals surface area contributed by atoms with Gasteiger partial charge < -0.3 is 10.6 Å². The third kappa shape index (κ3) is 4.31. The van der Waals surface area contributed by atoms with Crippen molar-refractivity contribution in [2.75, 3.05) is 13.1 Å². The summed E-state index contributed by atoms with van der Waals surface area (Å²) in [5, 5.41) is 0. The van der Waals surface area contributed by atoms with Gasteiger partial charge in [0.05, 0.1) is 0 Å². The first-order chi connectivity index (χ1) is 10.3. The van der Waals surface area contributed by atoms with Gasteiger partial charge in [-0.3, -0.25) is 4.79 Å². The topological polar surface area (TPSA) is 46.3 Å². The maximum absolute atomic E-state index is 12.5. The van der Waals surface area contributed by atoms with E-state index in [2.05, 4.69) is 36.1 Å². The number of amides is 1. The Hall–Kier alpha value is -1.35. The van der Waals surface area contributed by atoms with Crippen LogP contribution in [0.25, 0.3) is 0 Å². The molecule has 0 heterocycles. The van der Waals surface area contributed by atoms with Gasteiger partial charge in [0.2, 0.25) is 5.91 Å². The number of hydrogen-bond acceptors (Lipinski definition) is 2. The smallest absolute Gasteiger partial charge is 0.222 e. The van der Waals surface area contributed by atoms with Crippen LogP contribution in [0.2, 0.25) is 0 Å². The van der Waals surface area contributed by atoms with E-state index >= 15 is 0 Å². The fraction of sp³-hybridized carbons (Fsp3) is 0.611. The summed E-state index contributed by atoms with van der Waals surface area (Å²) in [4.78, 5) is 14.6. The van der Waals surface area contributed by atoms with E-state index in [1.807, 2.05) is 6.07 Å². The Morgan fingerprint density at radius 2 is 2.05 bits per heavy atom. The first kappa shape index (κ1) is 16.0. The fourth-order valence-electron chi connectivity index (χ4n) is 3.53. The summed E-state index contributed by atoms with van der Waals surface area (Å²) in [7, 11) is 0. The van der Waals surface area contributed by atoms with Gasteiger partial charge in [-0.2, -0.15) is 0 Å². The minimum Gasteiger partial charge on any atom is -0.340 e. The Bertz CT molecular complexity index is 432. The van der Waals surface area contributed by atoms with Crippen LogP contribution in [0, 0.1) is 5.92 Å². The molecule has 1 fully saturated rings. The van der Waals surface area contributed by atoms with Gasteiger partial charge in [-0.1, -0.05) is 36.8 Å². The molecule has 0 aromatic heterocycles. The van der Waals surface area contributed by atoms with E-state index in [-0.39, 0.29) is 0 Å². The van der Waals surface area contributed by atoms with Gasteiger partial charge >= 0.3 is 0 Å². The average Bonchev–Trinajstić information content (AvgIpc) is 2.97. The van der Waals surface area contributed by atoms with Crippen molar-refractivity contribution >= 4 is 5.91 Å². The van der Waals surface area contributed by atoms with Crippen molar-refractivity contribution in [3.63, 3.8) is 0 Å². The molecule has 3 nitrogen and oxygen atoms in total. The molecule has 2 unspecified atom stereocenters. The van der Waals surface area contributed by atoms with Crippen LogP contribution in [0.5, 0.6) is 0 Å². The molecule has 0 spiro atoms. The van der Waals surface area contributed by atoms with Gasteiger partial charge in [0, 0.05) is 19.0 Å². The molecule has 0 aliphatic heterocycles. The highest BCUT2D eigenvalue weighted by atomic mass is 16.2. The van der Waals surface area contributed by atoms with E-state index < -0.39 is 0 Å². The average molecular weight is 288 g/mol. The number of benzene rings is 1. The van der Waals surface area contributed by atoms with E-state index in [1.165, 1.54) is 18.4 Å². The summed E-state index contributed by atoms with van der Waals surface area (Å²) in [5.74, 6) is 0.807. The molecule has 0 bridgehead atoms. The van der Waals surface area contributed by atoms with Crippen molar-refractivity contribution in [3.05, 3.63) is 35.9 Å². The van der Waals surface area contributed by atoms with Gasteiger partial charge in [-0.05, 0) is 50.6 Å². The number of carbonyl (C=O) groups is 1. The van der Waals surface area contributed by atoms with Crippen molar-refractivity contribution in [3.8, 4) is 0 Å². The number of nitrogens with zero attached hydrogens (tertiary/aromatic N) is 1. The van der Waals surface area contributed by atoms with Crippen LogP contribution in [-0.4, -0.2) is 29.9 Å². The summed E-state index contributed by atoms with van der Waals surface area (Å²) in [6.45, 7) is 3.60. The molecule has 1 aromatic rings. The van der Waals surface area contributed by atoms with Gasteiger partial charge in [0.25, 0.3) is 0 Å². The number of aryl methyl sites for hydroxylation is 1. The van der Waals surface area contributed by atoms with Gasteiger partial charge in [0.1, 0.15) is 0 Å². The molecule has 2 atom stereocenters. The summed E-state index contributed by atoms with van der Waals surface area (Å²) in [6.07, 6.45) is 6.07. The third-order valence-electron chi connectivity index (χ3n) is 4.68. The molecule has 2 rings (SSSR count). The number of hydrogen-bond donors (Lipinski definition) is 1. The van der Waals surface area contributed by atoms with Crippen LogP contribution in [0.15, 0.2) is 30.3 Å². The predicted molar refractivity (Wildman–Crippen MR) is 87.0 cm³/mol. The van der Waals surface area contributed by atoms with Gasteiger partial charge in [0.15, 0.2) is 0 Å². The van der Waals surface area contributed by atoms with Crippen LogP contribution in [0.3, 0.4) is 0 Å². The lowest BCUT2D eigenvalue weighted by atomic mass is 10.0. The van der Waals surface area contributed by atoms with Gasteiger partial charge in [-0.25, -0.2) is 0 Å². The highest BCUT2D eigenvalue weighted by molar-refractivity contribution is 5.76. The first-order valence-corrected chi connectivity index (χ1v) is 8.29. The van der Waals surface area contributed by atoms with Crippen molar-refractivity contribution in [2.45, 2.75) is 51.5 Å². The fourth-order valence-corrected chi connectivity index (χ4v) is 3.53. The minimum absolute atomic E-state index is 0.304. The van der Waals surface area contributed by atoms with E-state index in [0.29, 0.717) is 30.8 Å². The molecular formula is C18H28N2O. The highest BCUT2D eigenvalue weighted by Crippen LogP contribution is 2.29. The molecular weight excluding hydrogens is 260 g/mol. The van der Waals surface area contributed by atoms with Crippen LogP contribution in [0.1, 0.15) is 44.6 Å². The zero-order valence-corrected chi connectivity index (χ0v) is 13.1. The Morgan fingerprint density at radius 1 is 1.29 bits per heavy atom. The molecule has 0 saturated heterocycles. The molecule has 116 valence electrons. The molecule has 3 heteroatoms. The second-order valence-corrected chi connectivity index (χ2v) is 6.01. The van der Waals surface area contributed by atoms with Crippen LogP contribution in [-0.2, 0) is 11.2 Å². The maximum Gasteiger partial charge on any atom is 0.222 e. The lowest BCUT2D eigenvalue weighted by Gasteiger charge is -2.32. The van der Waals surface area contributed by atoms with E-state index in [9.17, 15) is 4.79 Å². The van der Waals surface area contributed by atoms with Gasteiger partial charge in [-0.15, -0.1) is 0 Å². The predicted octanol–water partition coefficient (Wildman–Crippen LogP) is 2.99. The van der Waals surface area contributed by atoms with Crippen LogP contribution >= 0.6 is 0 Å². The Labute approximate surface area is 128 Å². The van der Waals surface area contributed by atoms with E-state index in [0.717, 1.165) is 25.8 Å². The van der Waals surface area contributed by atoms with Crippen molar-refractivity contribution in [1.29, 1.82) is 0 Å². The molecule has 1 aliphatic rings. The standard InChI is InChI=1S/C18H28N2O/c1-2-20(17-12-7-11-16(17)14-19)18(21)13-6-10-15-8-4-3-5-9-15/h3-5,8-9,16-17H,2,6-7,10-14,19H2,1H3. The van der Waals surface area contributed by atoms with E-state index in [1.54, 1.807) is 0 Å².